The number of nitrogens with zero attached hydrogens (tertiary/aromatic N) is 1. The van der Waals surface area contributed by atoms with Crippen molar-refractivity contribution in [3.63, 3.8) is 0 Å². The third kappa shape index (κ3) is 3.70. The molecule has 0 spiro atoms. The first-order chi connectivity index (χ1) is 16.2. The molecule has 0 radical (unpaired) electrons. The molecule has 3 aromatic carbocycles. The number of phenols is 1. The number of amides is 1. The second-order valence-electron chi connectivity index (χ2n) is 7.65. The minimum absolute atomic E-state index is 0.0255. The van der Waals surface area contributed by atoms with Crippen LogP contribution in [0.2, 0.25) is 15.1 Å². The largest absolute Gasteiger partial charge is 0.506 e. The molecule has 1 atom stereocenters. The van der Waals surface area contributed by atoms with Crippen LogP contribution in [0.1, 0.15) is 22.2 Å². The van der Waals surface area contributed by atoms with Crippen LogP contribution in [0.4, 0.5) is 5.69 Å². The van der Waals surface area contributed by atoms with Crippen molar-refractivity contribution in [3.8, 4) is 5.75 Å². The summed E-state index contributed by atoms with van der Waals surface area (Å²) >= 11 is 18.2. The summed E-state index contributed by atoms with van der Waals surface area (Å²) in [6.45, 7) is 0. The van der Waals surface area contributed by atoms with Crippen molar-refractivity contribution >= 4 is 63.1 Å². The normalized spacial score (nSPS) is 16.0. The van der Waals surface area contributed by atoms with E-state index < -0.39 is 23.5 Å². The first-order valence-electron chi connectivity index (χ1n) is 9.99. The lowest BCUT2D eigenvalue weighted by Crippen LogP contribution is -2.31. The van der Waals surface area contributed by atoms with Crippen LogP contribution in [0.15, 0.2) is 82.5 Å². The fourth-order valence-corrected chi connectivity index (χ4v) is 4.47. The Labute approximate surface area is 208 Å². The van der Waals surface area contributed by atoms with Gasteiger partial charge in [-0.25, -0.2) is 0 Å². The molecular weight excluding hydrogens is 501 g/mol. The standard InChI is InChI=1S/C25H14Cl3NO5/c26-14-2-5-16(6-3-14)29-22(12-1-7-18(30)17(28)10-12)21(24(32)25(29)33)23(31)20-11-13-9-15(27)4-8-19(13)34-20/h1-11,22,30,32H. The lowest BCUT2D eigenvalue weighted by atomic mass is 9.94. The van der Waals surface area contributed by atoms with Gasteiger partial charge in [0.1, 0.15) is 11.3 Å². The number of aliphatic hydroxyl groups excluding tert-OH is 1. The fourth-order valence-electron chi connectivity index (χ4n) is 3.97. The summed E-state index contributed by atoms with van der Waals surface area (Å²) in [5.74, 6) is -2.40. The number of aliphatic hydroxyl groups is 1. The van der Waals surface area contributed by atoms with Crippen molar-refractivity contribution in [1.82, 2.24) is 0 Å². The Morgan fingerprint density at radius 2 is 1.59 bits per heavy atom. The lowest BCUT2D eigenvalue weighted by molar-refractivity contribution is -0.117. The SMILES string of the molecule is O=C(C1=C(O)C(=O)N(c2ccc(Cl)cc2)C1c1ccc(O)c(Cl)c1)c1cc2cc(Cl)ccc2o1. The lowest BCUT2D eigenvalue weighted by Gasteiger charge is -2.27. The molecule has 2 N–H and O–H groups in total. The molecule has 170 valence electrons. The Bertz CT molecular complexity index is 1510. The molecule has 0 bridgehead atoms. The quantitative estimate of drug-likeness (QED) is 0.290. The Morgan fingerprint density at radius 3 is 2.29 bits per heavy atom. The molecule has 9 heteroatoms. The van der Waals surface area contributed by atoms with E-state index in [1.807, 2.05) is 0 Å². The highest BCUT2D eigenvalue weighted by atomic mass is 35.5. The van der Waals surface area contributed by atoms with E-state index in [1.54, 1.807) is 42.5 Å². The molecule has 0 saturated heterocycles. The number of halogens is 3. The van der Waals surface area contributed by atoms with E-state index in [1.165, 1.54) is 29.2 Å². The maximum atomic E-state index is 13.6. The number of hydrogen-bond donors (Lipinski definition) is 2. The van der Waals surface area contributed by atoms with Crippen molar-refractivity contribution < 1.29 is 24.2 Å². The van der Waals surface area contributed by atoms with Gasteiger partial charge in [-0.3, -0.25) is 14.5 Å². The minimum Gasteiger partial charge on any atom is -0.506 e. The number of phenolic OH excluding ortho intramolecular Hbond substituents is 1. The number of rotatable bonds is 4. The molecule has 34 heavy (non-hydrogen) atoms. The predicted molar refractivity (Wildman–Crippen MR) is 130 cm³/mol. The third-order valence-corrected chi connectivity index (χ3v) is 6.34. The molecular formula is C25H14Cl3NO5. The second-order valence-corrected chi connectivity index (χ2v) is 8.93. The van der Waals surface area contributed by atoms with E-state index in [0.29, 0.717) is 32.3 Å². The Hall–Kier alpha value is -3.45. The zero-order valence-electron chi connectivity index (χ0n) is 17.1. The maximum absolute atomic E-state index is 13.6. The van der Waals surface area contributed by atoms with E-state index in [4.69, 9.17) is 39.2 Å². The van der Waals surface area contributed by atoms with Crippen LogP contribution < -0.4 is 4.90 Å². The van der Waals surface area contributed by atoms with Crippen molar-refractivity contribution in [2.75, 3.05) is 4.90 Å². The number of fused-ring (bicyclic) bond motifs is 1. The van der Waals surface area contributed by atoms with Crippen LogP contribution in [0.5, 0.6) is 5.75 Å². The predicted octanol–water partition coefficient (Wildman–Crippen LogP) is 6.88. The number of Topliss-reactive ketones (excluding diaryl/α,β-unsaturated/α-hetero) is 1. The molecule has 2 heterocycles. The maximum Gasteiger partial charge on any atom is 0.294 e. The highest BCUT2D eigenvalue weighted by Crippen LogP contribution is 2.44. The summed E-state index contributed by atoms with van der Waals surface area (Å²) in [6, 6.07) is 16.0. The van der Waals surface area contributed by atoms with Gasteiger partial charge in [0.2, 0.25) is 5.78 Å². The Morgan fingerprint density at radius 1 is 0.882 bits per heavy atom. The summed E-state index contributed by atoms with van der Waals surface area (Å²) in [6.07, 6.45) is 0. The molecule has 4 aromatic rings. The smallest absolute Gasteiger partial charge is 0.294 e. The second kappa shape index (κ2) is 8.40. The van der Waals surface area contributed by atoms with Gasteiger partial charge >= 0.3 is 0 Å². The molecule has 0 aliphatic carbocycles. The zero-order valence-corrected chi connectivity index (χ0v) is 19.4. The highest BCUT2D eigenvalue weighted by molar-refractivity contribution is 6.32. The molecule has 0 saturated carbocycles. The van der Waals surface area contributed by atoms with E-state index in [9.17, 15) is 19.8 Å². The number of carbonyl (C=O) groups is 2. The first-order valence-corrected chi connectivity index (χ1v) is 11.1. The molecule has 0 fully saturated rings. The molecule has 1 aliphatic rings. The van der Waals surface area contributed by atoms with Crippen molar-refractivity contribution in [1.29, 1.82) is 0 Å². The van der Waals surface area contributed by atoms with Crippen LogP contribution in [-0.2, 0) is 4.79 Å². The Balaban J connectivity index is 1.67. The molecule has 1 aliphatic heterocycles. The average molecular weight is 515 g/mol. The molecule has 5 rings (SSSR count). The molecule has 1 aromatic heterocycles. The first kappa shape index (κ1) is 22.3. The monoisotopic (exact) mass is 513 g/mol. The van der Waals surface area contributed by atoms with Gasteiger partial charge in [-0.05, 0) is 66.2 Å². The highest BCUT2D eigenvalue weighted by Gasteiger charge is 2.45. The number of ketones is 1. The van der Waals surface area contributed by atoms with E-state index in [2.05, 4.69) is 0 Å². The third-order valence-electron chi connectivity index (χ3n) is 5.55. The van der Waals surface area contributed by atoms with Crippen LogP contribution in [-0.4, -0.2) is 21.9 Å². The van der Waals surface area contributed by atoms with Crippen LogP contribution in [0.3, 0.4) is 0 Å². The van der Waals surface area contributed by atoms with Gasteiger partial charge in [0.05, 0.1) is 16.6 Å². The van der Waals surface area contributed by atoms with Gasteiger partial charge in [0, 0.05) is 21.1 Å². The number of anilines is 1. The summed E-state index contributed by atoms with van der Waals surface area (Å²) in [5, 5.41) is 22.3. The minimum atomic E-state index is -1.05. The molecule has 6 nitrogen and oxygen atoms in total. The van der Waals surface area contributed by atoms with Gasteiger partial charge in [-0.15, -0.1) is 0 Å². The van der Waals surface area contributed by atoms with Gasteiger partial charge in [0.15, 0.2) is 11.5 Å². The average Bonchev–Trinajstić information content (AvgIpc) is 3.34. The van der Waals surface area contributed by atoms with Crippen LogP contribution >= 0.6 is 34.8 Å². The Kier molecular flexibility index (Phi) is 5.52. The van der Waals surface area contributed by atoms with E-state index >= 15 is 0 Å². The number of furan rings is 1. The molecule has 1 amide bonds. The van der Waals surface area contributed by atoms with Crippen molar-refractivity contribution in [2.45, 2.75) is 6.04 Å². The van der Waals surface area contributed by atoms with Crippen molar-refractivity contribution in [2.24, 2.45) is 0 Å². The fraction of sp³-hybridized carbons (Fsp3) is 0.0400. The zero-order chi connectivity index (χ0) is 24.1. The van der Waals surface area contributed by atoms with Gasteiger partial charge < -0.3 is 14.6 Å². The number of benzene rings is 3. The van der Waals surface area contributed by atoms with Gasteiger partial charge in [-0.2, -0.15) is 0 Å². The molecule has 1 unspecified atom stereocenters. The summed E-state index contributed by atoms with van der Waals surface area (Å²) in [4.78, 5) is 28.1. The summed E-state index contributed by atoms with van der Waals surface area (Å²) in [5.41, 5.74) is 1.04. The van der Waals surface area contributed by atoms with Crippen molar-refractivity contribution in [3.05, 3.63) is 104 Å². The van der Waals surface area contributed by atoms with E-state index in [0.717, 1.165) is 0 Å². The summed E-state index contributed by atoms with van der Waals surface area (Å²) < 4.78 is 5.70. The van der Waals surface area contributed by atoms with E-state index in [-0.39, 0.29) is 22.1 Å². The van der Waals surface area contributed by atoms with Gasteiger partial charge in [0.25, 0.3) is 5.91 Å². The van der Waals surface area contributed by atoms with Crippen LogP contribution in [0.25, 0.3) is 11.0 Å². The summed E-state index contributed by atoms with van der Waals surface area (Å²) in [7, 11) is 0. The number of hydrogen-bond acceptors (Lipinski definition) is 5. The topological polar surface area (TPSA) is 91.0 Å². The number of aromatic hydroxyl groups is 1. The van der Waals surface area contributed by atoms with Crippen LogP contribution in [0, 0.1) is 0 Å². The van der Waals surface area contributed by atoms with Gasteiger partial charge in [-0.1, -0.05) is 40.9 Å². The number of carbonyl (C=O) groups excluding carboxylic acids is 2.